The number of hydrogen-bond acceptors (Lipinski definition) is 2. The second-order valence-corrected chi connectivity index (χ2v) is 3.66. The van der Waals surface area contributed by atoms with E-state index in [4.69, 9.17) is 0 Å². The minimum Gasteiger partial charge on any atom is -0.298 e. The summed E-state index contributed by atoms with van der Waals surface area (Å²) < 4.78 is 13.8. The van der Waals surface area contributed by atoms with E-state index in [0.29, 0.717) is 9.86 Å². The lowest BCUT2D eigenvalue weighted by atomic mass is 10.1. The molecule has 0 fully saturated rings. The van der Waals surface area contributed by atoms with E-state index >= 15 is 0 Å². The van der Waals surface area contributed by atoms with Crippen LogP contribution in [-0.2, 0) is 0 Å². The number of carbonyl (C=O) groups excluding carboxylic acids is 2. The van der Waals surface area contributed by atoms with Crippen molar-refractivity contribution < 1.29 is 14.0 Å². The summed E-state index contributed by atoms with van der Waals surface area (Å²) in [5.74, 6) is -1.11. The Kier molecular flexibility index (Phi) is 3.13. The van der Waals surface area contributed by atoms with Crippen LogP contribution >= 0.6 is 22.6 Å². The van der Waals surface area contributed by atoms with Gasteiger partial charge in [-0.25, -0.2) is 4.39 Å². The number of benzene rings is 1. The van der Waals surface area contributed by atoms with Crippen LogP contribution in [0, 0.1) is 9.39 Å². The van der Waals surface area contributed by atoms with Gasteiger partial charge in [0.15, 0.2) is 12.1 Å². The molecule has 2 nitrogen and oxygen atoms in total. The average molecular weight is 292 g/mol. The third-order valence-electron chi connectivity index (χ3n) is 1.62. The molecule has 1 rings (SSSR count). The van der Waals surface area contributed by atoms with E-state index in [1.165, 1.54) is 13.0 Å². The topological polar surface area (TPSA) is 34.1 Å². The number of Topliss-reactive ketones (excluding diaryl/α,β-unsaturated/α-hetero) is 1. The van der Waals surface area contributed by atoms with E-state index < -0.39 is 5.82 Å². The van der Waals surface area contributed by atoms with Gasteiger partial charge in [-0.15, -0.1) is 0 Å². The minimum absolute atomic E-state index is 0.0393. The molecule has 1 aromatic rings. The molecule has 0 saturated carbocycles. The zero-order chi connectivity index (χ0) is 10.0. The molecule has 0 amide bonds. The van der Waals surface area contributed by atoms with Gasteiger partial charge < -0.3 is 0 Å². The minimum atomic E-state index is -0.727. The quantitative estimate of drug-likeness (QED) is 0.476. The van der Waals surface area contributed by atoms with Gasteiger partial charge in [-0.2, -0.15) is 0 Å². The fraction of sp³-hybridized carbons (Fsp3) is 0.111. The Morgan fingerprint density at radius 3 is 2.62 bits per heavy atom. The summed E-state index contributed by atoms with van der Waals surface area (Å²) in [7, 11) is 0. The summed E-state index contributed by atoms with van der Waals surface area (Å²) in [6.07, 6.45) is 0.420. The largest absolute Gasteiger partial charge is 0.298 e. The number of hydrogen-bond donors (Lipinski definition) is 0. The lowest BCUT2D eigenvalue weighted by molar-refractivity contribution is 0.101. The van der Waals surface area contributed by atoms with Gasteiger partial charge in [-0.05, 0) is 41.6 Å². The molecule has 0 bridgehead atoms. The summed E-state index contributed by atoms with van der Waals surface area (Å²) in [6, 6.07) is 2.93. The van der Waals surface area contributed by atoms with Gasteiger partial charge in [-0.3, -0.25) is 9.59 Å². The number of rotatable bonds is 2. The molecule has 0 spiro atoms. The SMILES string of the molecule is CC(=O)c1ccc(I)c(C=O)c1F. The highest BCUT2D eigenvalue weighted by atomic mass is 127. The normalized spacial score (nSPS) is 9.77. The Labute approximate surface area is 88.3 Å². The molecule has 0 unspecified atom stereocenters. The molecular weight excluding hydrogens is 286 g/mol. The Balaban J connectivity index is 3.44. The maximum absolute atomic E-state index is 13.3. The van der Waals surface area contributed by atoms with Gasteiger partial charge in [0, 0.05) is 3.57 Å². The maximum atomic E-state index is 13.3. The summed E-state index contributed by atoms with van der Waals surface area (Å²) in [4.78, 5) is 21.4. The van der Waals surface area contributed by atoms with Crippen molar-refractivity contribution in [2.45, 2.75) is 6.92 Å². The Morgan fingerprint density at radius 1 is 1.54 bits per heavy atom. The highest BCUT2D eigenvalue weighted by Gasteiger charge is 2.13. The van der Waals surface area contributed by atoms with E-state index in [-0.39, 0.29) is 16.9 Å². The molecule has 68 valence electrons. The van der Waals surface area contributed by atoms with Crippen LogP contribution in [0.4, 0.5) is 4.39 Å². The van der Waals surface area contributed by atoms with Crippen LogP contribution < -0.4 is 0 Å². The molecule has 4 heteroatoms. The summed E-state index contributed by atoms with van der Waals surface area (Å²) in [5, 5.41) is 0. The van der Waals surface area contributed by atoms with Gasteiger partial charge in [-0.1, -0.05) is 0 Å². The number of carbonyl (C=O) groups is 2. The molecule has 0 saturated heterocycles. The second kappa shape index (κ2) is 3.95. The van der Waals surface area contributed by atoms with Crippen LogP contribution in [0.5, 0.6) is 0 Å². The van der Waals surface area contributed by atoms with Gasteiger partial charge in [0.05, 0.1) is 11.1 Å². The zero-order valence-corrected chi connectivity index (χ0v) is 8.96. The van der Waals surface area contributed by atoms with Crippen molar-refractivity contribution in [3.8, 4) is 0 Å². The first-order valence-electron chi connectivity index (χ1n) is 3.52. The molecule has 13 heavy (non-hydrogen) atoms. The van der Waals surface area contributed by atoms with Crippen molar-refractivity contribution in [1.82, 2.24) is 0 Å². The van der Waals surface area contributed by atoms with Gasteiger partial charge in [0.2, 0.25) is 0 Å². The van der Waals surface area contributed by atoms with Gasteiger partial charge >= 0.3 is 0 Å². The van der Waals surface area contributed by atoms with Crippen LogP contribution in [0.1, 0.15) is 27.6 Å². The summed E-state index contributed by atoms with van der Waals surface area (Å²) >= 11 is 1.84. The van der Waals surface area contributed by atoms with Crippen molar-refractivity contribution >= 4 is 34.7 Å². The number of aldehydes is 1. The van der Waals surface area contributed by atoms with Crippen LogP contribution in [0.2, 0.25) is 0 Å². The molecule has 0 atom stereocenters. The fourth-order valence-electron chi connectivity index (χ4n) is 0.949. The van der Waals surface area contributed by atoms with Crippen LogP contribution in [-0.4, -0.2) is 12.1 Å². The standard InChI is InChI=1S/C9H6FIO2/c1-5(13)6-2-3-8(11)7(4-12)9(6)10/h2-4H,1H3. The lowest BCUT2D eigenvalue weighted by Gasteiger charge is -2.02. The van der Waals surface area contributed by atoms with Crippen LogP contribution in [0.15, 0.2) is 12.1 Å². The third kappa shape index (κ3) is 1.93. The molecule has 0 aliphatic rings. The molecule has 0 radical (unpaired) electrons. The lowest BCUT2D eigenvalue weighted by Crippen LogP contribution is -2.02. The van der Waals surface area contributed by atoms with Crippen molar-refractivity contribution in [3.05, 3.63) is 32.6 Å². The van der Waals surface area contributed by atoms with E-state index in [1.807, 2.05) is 22.6 Å². The Morgan fingerprint density at radius 2 is 2.15 bits per heavy atom. The van der Waals surface area contributed by atoms with Gasteiger partial charge in [0.1, 0.15) is 5.82 Å². The van der Waals surface area contributed by atoms with Crippen molar-refractivity contribution in [3.63, 3.8) is 0 Å². The second-order valence-electron chi connectivity index (χ2n) is 2.50. The average Bonchev–Trinajstić information content (AvgIpc) is 2.04. The van der Waals surface area contributed by atoms with Crippen molar-refractivity contribution in [2.24, 2.45) is 0 Å². The summed E-state index contributed by atoms with van der Waals surface area (Å²) in [5.41, 5.74) is -0.0872. The zero-order valence-electron chi connectivity index (χ0n) is 6.80. The van der Waals surface area contributed by atoms with Crippen molar-refractivity contribution in [1.29, 1.82) is 0 Å². The van der Waals surface area contributed by atoms with Crippen LogP contribution in [0.25, 0.3) is 0 Å². The molecule has 0 heterocycles. The molecule has 0 aliphatic carbocycles. The molecule has 0 aromatic heterocycles. The van der Waals surface area contributed by atoms with Crippen LogP contribution in [0.3, 0.4) is 0 Å². The first kappa shape index (κ1) is 10.3. The van der Waals surface area contributed by atoms with E-state index in [1.54, 1.807) is 6.07 Å². The number of halogens is 2. The van der Waals surface area contributed by atoms with E-state index in [0.717, 1.165) is 0 Å². The Bertz CT molecular complexity index is 374. The molecule has 0 N–H and O–H groups in total. The van der Waals surface area contributed by atoms with E-state index in [2.05, 4.69) is 0 Å². The first-order valence-corrected chi connectivity index (χ1v) is 4.60. The predicted molar refractivity (Wildman–Crippen MR) is 54.5 cm³/mol. The van der Waals surface area contributed by atoms with Crippen molar-refractivity contribution in [2.75, 3.05) is 0 Å². The molecule has 0 aliphatic heterocycles. The maximum Gasteiger partial charge on any atom is 0.162 e. The third-order valence-corrected chi connectivity index (χ3v) is 2.56. The van der Waals surface area contributed by atoms with E-state index in [9.17, 15) is 14.0 Å². The highest BCUT2D eigenvalue weighted by molar-refractivity contribution is 14.1. The Hall–Kier alpha value is -0.780. The fourth-order valence-corrected chi connectivity index (χ4v) is 1.49. The number of ketones is 1. The molecular formula is C9H6FIO2. The summed E-state index contributed by atoms with van der Waals surface area (Å²) in [6.45, 7) is 1.26. The predicted octanol–water partition coefficient (Wildman–Crippen LogP) is 2.45. The smallest absolute Gasteiger partial charge is 0.162 e. The molecule has 1 aromatic carbocycles. The van der Waals surface area contributed by atoms with Gasteiger partial charge in [0.25, 0.3) is 0 Å². The highest BCUT2D eigenvalue weighted by Crippen LogP contribution is 2.18. The monoisotopic (exact) mass is 292 g/mol. The first-order chi connectivity index (χ1) is 6.07.